The molecule has 0 spiro atoms. The Balaban J connectivity index is 3.25. The van der Waals surface area contributed by atoms with Gasteiger partial charge in [0.05, 0.1) is 6.61 Å². The number of carbonyl (C=O) groups excluding carboxylic acids is 1. The fourth-order valence-electron chi connectivity index (χ4n) is 2.30. The number of rotatable bonds is 6. The second kappa shape index (κ2) is 8.02. The van der Waals surface area contributed by atoms with Gasteiger partial charge in [0.2, 0.25) is 0 Å². The number of hydrogen-bond donors (Lipinski definition) is 0. The van der Waals surface area contributed by atoms with Crippen LogP contribution in [-0.2, 0) is 9.53 Å². The lowest BCUT2D eigenvalue weighted by Gasteiger charge is -2.15. The van der Waals surface area contributed by atoms with Gasteiger partial charge in [-0.1, -0.05) is 52.8 Å². The average molecular weight is 288 g/mol. The van der Waals surface area contributed by atoms with E-state index >= 15 is 0 Å². The molecule has 2 nitrogen and oxygen atoms in total. The minimum atomic E-state index is -0.206. The molecule has 1 aromatic carbocycles. The van der Waals surface area contributed by atoms with Gasteiger partial charge >= 0.3 is 5.97 Å². The number of ether oxygens (including phenoxy) is 1. The van der Waals surface area contributed by atoms with Crippen molar-refractivity contribution in [3.8, 4) is 0 Å². The molecule has 0 fully saturated rings. The topological polar surface area (TPSA) is 26.3 Å². The van der Waals surface area contributed by atoms with E-state index < -0.39 is 0 Å². The second-order valence-corrected chi connectivity index (χ2v) is 5.94. The summed E-state index contributed by atoms with van der Waals surface area (Å²) in [6, 6.07) is 6.54. The van der Waals surface area contributed by atoms with Crippen LogP contribution in [0.15, 0.2) is 23.8 Å². The molecule has 0 aliphatic rings. The van der Waals surface area contributed by atoms with E-state index in [1.807, 2.05) is 19.9 Å². The maximum Gasteiger partial charge on any atom is 0.333 e. The van der Waals surface area contributed by atoms with Crippen molar-refractivity contribution < 1.29 is 9.53 Å². The maximum atomic E-state index is 11.9. The van der Waals surface area contributed by atoms with Crippen LogP contribution in [0.3, 0.4) is 0 Å². The predicted molar refractivity (Wildman–Crippen MR) is 89.5 cm³/mol. The zero-order valence-corrected chi connectivity index (χ0v) is 14.2. The molecule has 0 saturated heterocycles. The summed E-state index contributed by atoms with van der Waals surface area (Å²) in [6.07, 6.45) is 2.67. The highest BCUT2D eigenvalue weighted by Gasteiger charge is 2.12. The van der Waals surface area contributed by atoms with Crippen molar-refractivity contribution in [1.82, 2.24) is 0 Å². The first-order valence-electron chi connectivity index (χ1n) is 7.92. The molecule has 0 aromatic heterocycles. The van der Waals surface area contributed by atoms with Crippen molar-refractivity contribution in [1.29, 1.82) is 0 Å². The molecule has 0 N–H and O–H groups in total. The third-order valence-electron chi connectivity index (χ3n) is 3.65. The monoisotopic (exact) mass is 288 g/mol. The van der Waals surface area contributed by atoms with Gasteiger partial charge in [-0.2, -0.15) is 0 Å². The standard InChI is InChI=1S/C19H28O2/c1-7-15(19(20)21-8-2)11-17-10-9-16(13(3)4)12-18(17)14(5)6/h9-14H,7-8H2,1-6H3/b15-11+. The summed E-state index contributed by atoms with van der Waals surface area (Å²) >= 11 is 0. The summed E-state index contributed by atoms with van der Waals surface area (Å²) in [7, 11) is 0. The first-order valence-corrected chi connectivity index (χ1v) is 7.92. The van der Waals surface area contributed by atoms with Crippen molar-refractivity contribution in [3.63, 3.8) is 0 Å². The fraction of sp³-hybridized carbons (Fsp3) is 0.526. The lowest BCUT2D eigenvalue weighted by molar-refractivity contribution is -0.138. The molecule has 0 radical (unpaired) electrons. The summed E-state index contributed by atoms with van der Waals surface area (Å²) in [5, 5.41) is 0. The Bertz CT molecular complexity index is 510. The molecular weight excluding hydrogens is 260 g/mol. The second-order valence-electron chi connectivity index (χ2n) is 5.94. The van der Waals surface area contributed by atoms with Crippen LogP contribution in [0.2, 0.25) is 0 Å². The normalized spacial score (nSPS) is 12.1. The first-order chi connectivity index (χ1) is 9.90. The lowest BCUT2D eigenvalue weighted by Crippen LogP contribution is -2.07. The summed E-state index contributed by atoms with van der Waals surface area (Å²) in [5.41, 5.74) is 4.48. The summed E-state index contributed by atoms with van der Waals surface area (Å²) < 4.78 is 5.12. The van der Waals surface area contributed by atoms with Crippen LogP contribution in [0, 0.1) is 0 Å². The molecule has 0 amide bonds. The molecule has 2 heteroatoms. The van der Waals surface area contributed by atoms with Gasteiger partial charge in [0.25, 0.3) is 0 Å². The van der Waals surface area contributed by atoms with E-state index in [0.717, 1.165) is 11.1 Å². The van der Waals surface area contributed by atoms with Crippen molar-refractivity contribution in [2.24, 2.45) is 0 Å². The summed E-state index contributed by atoms with van der Waals surface area (Å²) in [5.74, 6) is 0.731. The van der Waals surface area contributed by atoms with Crippen LogP contribution in [-0.4, -0.2) is 12.6 Å². The van der Waals surface area contributed by atoms with Gasteiger partial charge in [-0.05, 0) is 47.9 Å². The lowest BCUT2D eigenvalue weighted by atomic mass is 9.90. The Kier molecular flexibility index (Phi) is 6.67. The Morgan fingerprint density at radius 2 is 1.81 bits per heavy atom. The first kappa shape index (κ1) is 17.5. The third-order valence-corrected chi connectivity index (χ3v) is 3.65. The molecule has 0 aliphatic heterocycles. The van der Waals surface area contributed by atoms with Gasteiger partial charge in [-0.15, -0.1) is 0 Å². The number of carbonyl (C=O) groups is 1. The summed E-state index contributed by atoms with van der Waals surface area (Å²) in [4.78, 5) is 11.9. The molecule has 21 heavy (non-hydrogen) atoms. The van der Waals surface area contributed by atoms with E-state index in [0.29, 0.717) is 24.9 Å². The Morgan fingerprint density at radius 3 is 2.29 bits per heavy atom. The van der Waals surface area contributed by atoms with Crippen LogP contribution in [0.4, 0.5) is 0 Å². The maximum absolute atomic E-state index is 11.9. The quantitative estimate of drug-likeness (QED) is 0.525. The summed E-state index contributed by atoms with van der Waals surface area (Å²) in [6.45, 7) is 13.0. The Labute approximate surface area is 129 Å². The highest BCUT2D eigenvalue weighted by Crippen LogP contribution is 2.27. The zero-order valence-electron chi connectivity index (χ0n) is 14.2. The van der Waals surface area contributed by atoms with E-state index in [-0.39, 0.29) is 5.97 Å². The van der Waals surface area contributed by atoms with Crippen molar-refractivity contribution >= 4 is 12.0 Å². The smallest absolute Gasteiger partial charge is 0.333 e. The highest BCUT2D eigenvalue weighted by molar-refractivity contribution is 5.93. The molecular formula is C19H28O2. The molecule has 0 saturated carbocycles. The van der Waals surface area contributed by atoms with Crippen molar-refractivity contribution in [3.05, 3.63) is 40.5 Å². The van der Waals surface area contributed by atoms with Crippen LogP contribution in [0.25, 0.3) is 6.08 Å². The van der Waals surface area contributed by atoms with E-state index in [1.54, 1.807) is 0 Å². The molecule has 1 aromatic rings. The van der Waals surface area contributed by atoms with Crippen molar-refractivity contribution in [2.75, 3.05) is 6.61 Å². The molecule has 0 atom stereocenters. The highest BCUT2D eigenvalue weighted by atomic mass is 16.5. The zero-order chi connectivity index (χ0) is 16.0. The number of esters is 1. The molecule has 0 aliphatic carbocycles. The fourth-order valence-corrected chi connectivity index (χ4v) is 2.30. The minimum Gasteiger partial charge on any atom is -0.463 e. The molecule has 116 valence electrons. The van der Waals surface area contributed by atoms with Crippen molar-refractivity contribution in [2.45, 2.75) is 59.8 Å². The molecule has 0 heterocycles. The predicted octanol–water partition coefficient (Wildman–Crippen LogP) is 5.29. The number of benzene rings is 1. The van der Waals surface area contributed by atoms with Crippen LogP contribution >= 0.6 is 0 Å². The van der Waals surface area contributed by atoms with E-state index in [9.17, 15) is 4.79 Å². The Morgan fingerprint density at radius 1 is 1.14 bits per heavy atom. The third kappa shape index (κ3) is 4.73. The molecule has 0 unspecified atom stereocenters. The van der Waals surface area contributed by atoms with Gasteiger partial charge in [-0.25, -0.2) is 4.79 Å². The van der Waals surface area contributed by atoms with Gasteiger partial charge < -0.3 is 4.74 Å². The Hall–Kier alpha value is -1.57. The largest absolute Gasteiger partial charge is 0.463 e. The van der Waals surface area contributed by atoms with Crippen LogP contribution in [0.5, 0.6) is 0 Å². The van der Waals surface area contributed by atoms with Gasteiger partial charge in [-0.3, -0.25) is 0 Å². The average Bonchev–Trinajstić information content (AvgIpc) is 2.44. The minimum absolute atomic E-state index is 0.206. The van der Waals surface area contributed by atoms with E-state index in [1.165, 1.54) is 11.1 Å². The van der Waals surface area contributed by atoms with Gasteiger partial charge in [0.1, 0.15) is 0 Å². The SMILES string of the molecule is CCOC(=O)/C(=C/c1ccc(C(C)C)cc1C(C)C)CC. The number of hydrogen-bond acceptors (Lipinski definition) is 2. The van der Waals surface area contributed by atoms with Gasteiger partial charge in [0, 0.05) is 5.57 Å². The molecule has 0 bridgehead atoms. The van der Waals surface area contributed by atoms with Crippen LogP contribution < -0.4 is 0 Å². The van der Waals surface area contributed by atoms with E-state index in [4.69, 9.17) is 4.74 Å². The van der Waals surface area contributed by atoms with Gasteiger partial charge in [0.15, 0.2) is 0 Å². The van der Waals surface area contributed by atoms with E-state index in [2.05, 4.69) is 45.9 Å². The van der Waals surface area contributed by atoms with Crippen LogP contribution in [0.1, 0.15) is 76.5 Å². The molecule has 1 rings (SSSR count).